The molecule has 3 heterocycles. The number of hydrogen-bond donors (Lipinski definition) is 0. The fraction of sp³-hybridized carbons (Fsp3) is 0.0769. The predicted octanol–water partition coefficient (Wildman–Crippen LogP) is 18.3. The minimum atomic E-state index is -0.129. The summed E-state index contributed by atoms with van der Waals surface area (Å²) in [4.78, 5) is 11.8. The first-order valence-electron chi connectivity index (χ1n) is 24.0. The highest BCUT2D eigenvalue weighted by Crippen LogP contribution is 2.44. The molecule has 326 valence electrons. The SMILES string of the molecule is CC1CC(c2ccc(-c3ccccc3)cc2)=NC(c2cc3c(cc2Cc2cc4cc5ccccc5cc4c4cc5ccccc5cc24)sc2ccccc23)=N[C@H]1c1cccc2sc3ccccc3c12. The second kappa shape index (κ2) is 16.2. The number of rotatable bonds is 6. The Kier molecular flexibility index (Phi) is 9.47. The van der Waals surface area contributed by atoms with Gasteiger partial charge in [-0.2, -0.15) is 0 Å². The first-order valence-corrected chi connectivity index (χ1v) is 25.6. The minimum absolute atomic E-state index is 0.129. The third-order valence-corrected chi connectivity index (χ3v) is 16.9. The van der Waals surface area contributed by atoms with E-state index in [1.165, 1.54) is 111 Å². The average molecular weight is 917 g/mol. The summed E-state index contributed by atoms with van der Waals surface area (Å²) in [5.74, 6) is 0.970. The van der Waals surface area contributed by atoms with Gasteiger partial charge in [-0.25, -0.2) is 4.99 Å². The fourth-order valence-corrected chi connectivity index (χ4v) is 13.5. The number of nitrogens with zero attached hydrogens (tertiary/aromatic N) is 2. The van der Waals surface area contributed by atoms with Crippen LogP contribution in [0.15, 0.2) is 222 Å². The van der Waals surface area contributed by atoms with Crippen LogP contribution in [0.5, 0.6) is 0 Å². The summed E-state index contributed by atoms with van der Waals surface area (Å²) < 4.78 is 5.18. The lowest BCUT2D eigenvalue weighted by Crippen LogP contribution is -2.12. The Morgan fingerprint density at radius 1 is 0.420 bits per heavy atom. The Balaban J connectivity index is 1.02. The van der Waals surface area contributed by atoms with E-state index in [4.69, 9.17) is 9.98 Å². The van der Waals surface area contributed by atoms with Crippen LogP contribution in [0.25, 0.3) is 94.6 Å². The minimum Gasteiger partial charge on any atom is -0.258 e. The highest BCUT2D eigenvalue weighted by atomic mass is 32.1. The van der Waals surface area contributed by atoms with Crippen molar-refractivity contribution in [2.45, 2.75) is 25.8 Å². The molecule has 0 bridgehead atoms. The van der Waals surface area contributed by atoms with E-state index < -0.39 is 0 Å². The maximum absolute atomic E-state index is 5.97. The molecule has 1 unspecified atom stereocenters. The molecule has 0 N–H and O–H groups in total. The second-order valence-electron chi connectivity index (χ2n) is 18.9. The van der Waals surface area contributed by atoms with E-state index in [-0.39, 0.29) is 12.0 Å². The number of benzene rings is 11. The van der Waals surface area contributed by atoms with Crippen molar-refractivity contribution < 1.29 is 0 Å². The lowest BCUT2D eigenvalue weighted by molar-refractivity contribution is 0.496. The highest BCUT2D eigenvalue weighted by Gasteiger charge is 2.29. The van der Waals surface area contributed by atoms with Crippen LogP contribution in [-0.2, 0) is 6.42 Å². The molecule has 2 aromatic heterocycles. The van der Waals surface area contributed by atoms with E-state index in [0.29, 0.717) is 0 Å². The monoisotopic (exact) mass is 916 g/mol. The molecule has 1 aliphatic heterocycles. The number of thiophene rings is 2. The molecule has 0 aliphatic carbocycles. The molecule has 4 heteroatoms. The predicted molar refractivity (Wildman–Crippen MR) is 299 cm³/mol. The van der Waals surface area contributed by atoms with Gasteiger partial charge in [0, 0.05) is 45.9 Å². The zero-order valence-electron chi connectivity index (χ0n) is 38.0. The molecule has 11 aromatic carbocycles. The smallest absolute Gasteiger partial charge is 0.155 e. The van der Waals surface area contributed by atoms with Crippen LogP contribution in [0.1, 0.15) is 47.2 Å². The Bertz CT molecular complexity index is 4270. The summed E-state index contributed by atoms with van der Waals surface area (Å²) >= 11 is 3.75. The molecule has 0 saturated carbocycles. The Morgan fingerprint density at radius 3 is 1.78 bits per heavy atom. The zero-order chi connectivity index (χ0) is 45.6. The van der Waals surface area contributed by atoms with E-state index in [1.807, 2.05) is 22.7 Å². The zero-order valence-corrected chi connectivity index (χ0v) is 39.6. The summed E-state index contributed by atoms with van der Waals surface area (Å²) in [5.41, 5.74) is 9.52. The van der Waals surface area contributed by atoms with Gasteiger partial charge in [0.05, 0.1) is 11.8 Å². The van der Waals surface area contributed by atoms with E-state index in [1.54, 1.807) is 0 Å². The van der Waals surface area contributed by atoms with Crippen molar-refractivity contribution in [2.24, 2.45) is 15.9 Å². The number of fused-ring (bicyclic) bond motifs is 11. The number of aliphatic imine (C=N–C) groups is 2. The van der Waals surface area contributed by atoms with Crippen molar-refractivity contribution in [2.75, 3.05) is 0 Å². The Morgan fingerprint density at radius 2 is 1.01 bits per heavy atom. The molecule has 13 aromatic rings. The van der Waals surface area contributed by atoms with Crippen molar-refractivity contribution in [1.82, 2.24) is 0 Å². The Labute approximate surface area is 408 Å². The fourth-order valence-electron chi connectivity index (χ4n) is 11.2. The van der Waals surface area contributed by atoms with Crippen LogP contribution in [-0.4, -0.2) is 11.5 Å². The molecule has 0 amide bonds. The quantitative estimate of drug-likeness (QED) is 0.117. The van der Waals surface area contributed by atoms with Gasteiger partial charge in [0.2, 0.25) is 0 Å². The highest BCUT2D eigenvalue weighted by molar-refractivity contribution is 7.26. The largest absolute Gasteiger partial charge is 0.258 e. The normalized spacial score (nSPS) is 15.5. The van der Waals surface area contributed by atoms with Crippen LogP contribution in [0, 0.1) is 5.92 Å². The van der Waals surface area contributed by atoms with Crippen molar-refractivity contribution in [3.63, 3.8) is 0 Å². The molecule has 2 atom stereocenters. The lowest BCUT2D eigenvalue weighted by Gasteiger charge is -2.21. The van der Waals surface area contributed by atoms with Crippen LogP contribution >= 0.6 is 22.7 Å². The molecule has 69 heavy (non-hydrogen) atoms. The molecule has 0 radical (unpaired) electrons. The molecule has 14 rings (SSSR count). The van der Waals surface area contributed by atoms with Gasteiger partial charge in [0.25, 0.3) is 0 Å². The first-order chi connectivity index (χ1) is 34.1. The van der Waals surface area contributed by atoms with Crippen molar-refractivity contribution in [3.8, 4) is 11.1 Å². The molecule has 0 saturated heterocycles. The van der Waals surface area contributed by atoms with Crippen molar-refractivity contribution in [3.05, 3.63) is 240 Å². The van der Waals surface area contributed by atoms with Gasteiger partial charge in [-0.3, -0.25) is 4.99 Å². The summed E-state index contributed by atoms with van der Waals surface area (Å²) in [5, 5.41) is 15.3. The van der Waals surface area contributed by atoms with Gasteiger partial charge in [0.15, 0.2) is 5.84 Å². The van der Waals surface area contributed by atoms with Gasteiger partial charge in [-0.15, -0.1) is 22.7 Å². The van der Waals surface area contributed by atoms with Crippen LogP contribution in [0.4, 0.5) is 0 Å². The first kappa shape index (κ1) is 40.3. The van der Waals surface area contributed by atoms with Gasteiger partial charge in [-0.05, 0) is 150 Å². The molecule has 1 aliphatic rings. The molecular formula is C65H44N2S2. The maximum atomic E-state index is 5.97. The third kappa shape index (κ3) is 6.89. The molecule has 2 nitrogen and oxygen atoms in total. The summed E-state index contributed by atoms with van der Waals surface area (Å²) in [7, 11) is 0. The maximum Gasteiger partial charge on any atom is 0.155 e. The lowest BCUT2D eigenvalue weighted by atomic mass is 9.87. The van der Waals surface area contributed by atoms with E-state index in [2.05, 4.69) is 219 Å². The van der Waals surface area contributed by atoms with Crippen molar-refractivity contribution in [1.29, 1.82) is 0 Å². The summed E-state index contributed by atoms with van der Waals surface area (Å²) in [6.45, 7) is 2.38. The standard InChI is InChI=1S/C65H44N2S2/c1-39-30-58(42-28-26-41(27-29-42)40-14-3-2-4-15-40)66-65(67-64(39)52-22-13-25-61-63(52)51-21-10-12-24-60(51)68-61)55-38-57-50-20-9-11-23-59(50)69-62(57)37-49(55)33-48-32-47-31-43-16-5-6-17-44(43)34-53(47)56-36-46-19-8-7-18-45(46)35-54(48)56/h2-29,31-32,34-39,64H,30,33H2,1H3/t39?,64-/m1/s1. The second-order valence-corrected chi connectivity index (χ2v) is 21.0. The third-order valence-electron chi connectivity index (χ3n) is 14.6. The van der Waals surface area contributed by atoms with Crippen LogP contribution in [0.2, 0.25) is 0 Å². The van der Waals surface area contributed by atoms with Gasteiger partial charge >= 0.3 is 0 Å². The molecule has 0 spiro atoms. The van der Waals surface area contributed by atoms with E-state index >= 15 is 0 Å². The average Bonchev–Trinajstić information content (AvgIpc) is 3.91. The number of amidine groups is 1. The Hall–Kier alpha value is -7.76. The van der Waals surface area contributed by atoms with Gasteiger partial charge in [0.1, 0.15) is 0 Å². The summed E-state index contributed by atoms with van der Waals surface area (Å²) in [6, 6.07) is 78.6. The topological polar surface area (TPSA) is 24.7 Å². The molecule has 0 fully saturated rings. The van der Waals surface area contributed by atoms with Crippen LogP contribution in [0.3, 0.4) is 0 Å². The van der Waals surface area contributed by atoms with E-state index in [9.17, 15) is 0 Å². The molecular weight excluding hydrogens is 873 g/mol. The van der Waals surface area contributed by atoms with Gasteiger partial charge < -0.3 is 0 Å². The van der Waals surface area contributed by atoms with Crippen molar-refractivity contribution >= 4 is 118 Å². The van der Waals surface area contributed by atoms with Crippen LogP contribution < -0.4 is 0 Å². The van der Waals surface area contributed by atoms with Gasteiger partial charge in [-0.1, -0.05) is 165 Å². The summed E-state index contributed by atoms with van der Waals surface area (Å²) in [6.07, 6.45) is 1.51. The van der Waals surface area contributed by atoms with E-state index in [0.717, 1.165) is 35.5 Å². The number of hydrogen-bond acceptors (Lipinski definition) is 4.